The van der Waals surface area contributed by atoms with Crippen LogP contribution in [-0.2, 0) is 0 Å². The highest BCUT2D eigenvalue weighted by atomic mass is 16.5. The van der Waals surface area contributed by atoms with E-state index in [0.29, 0.717) is 17.4 Å². The van der Waals surface area contributed by atoms with Gasteiger partial charge in [-0.25, -0.2) is 5.01 Å². The molecule has 0 saturated heterocycles. The molecule has 0 amide bonds. The second-order valence-electron chi connectivity index (χ2n) is 4.81. The van der Waals surface area contributed by atoms with Crippen molar-refractivity contribution in [3.63, 3.8) is 0 Å². The Hall–Kier alpha value is -1.49. The molecule has 1 aromatic rings. The number of pyridine rings is 1. The quantitative estimate of drug-likeness (QED) is 0.765. The van der Waals surface area contributed by atoms with Crippen molar-refractivity contribution >= 4 is 11.5 Å². The van der Waals surface area contributed by atoms with E-state index < -0.39 is 0 Å². The average Bonchev–Trinajstić information content (AvgIpc) is 2.07. The maximum Gasteiger partial charge on any atom is 0.239 e. The van der Waals surface area contributed by atoms with Gasteiger partial charge in [0.15, 0.2) is 0 Å². The van der Waals surface area contributed by atoms with Crippen molar-refractivity contribution in [3.8, 4) is 5.88 Å². The molecule has 0 aliphatic heterocycles. The molecule has 1 aromatic heterocycles. The zero-order valence-corrected chi connectivity index (χ0v) is 10.5. The minimum atomic E-state index is -0.308. The number of nitrogens with one attached hydrogen (secondary N) is 1. The molecule has 90 valence electrons. The third kappa shape index (κ3) is 3.94. The maximum absolute atomic E-state index is 5.80. The maximum atomic E-state index is 5.80. The fourth-order valence-electron chi connectivity index (χ4n) is 1.11. The normalized spacial score (nSPS) is 11.6. The van der Waals surface area contributed by atoms with Gasteiger partial charge in [0.25, 0.3) is 0 Å². The highest BCUT2D eigenvalue weighted by Crippen LogP contribution is 2.24. The number of nitrogens with zero attached hydrogens (tertiary/aromatic N) is 2. The summed E-state index contributed by atoms with van der Waals surface area (Å²) < 4.78 is 5.66. The molecule has 1 rings (SSSR count). The molecule has 0 aromatic carbocycles. The van der Waals surface area contributed by atoms with E-state index in [1.807, 2.05) is 40.9 Å². The van der Waals surface area contributed by atoms with Crippen molar-refractivity contribution in [1.29, 1.82) is 0 Å². The lowest BCUT2D eigenvalue weighted by molar-refractivity contribution is 0.125. The Balaban J connectivity index is 2.90. The first-order valence-electron chi connectivity index (χ1n) is 5.17. The summed E-state index contributed by atoms with van der Waals surface area (Å²) in [6.45, 7) is 5.88. The summed E-state index contributed by atoms with van der Waals surface area (Å²) in [5, 5.41) is 1.80. The molecular weight excluding hydrogens is 204 g/mol. The molecule has 0 unspecified atom stereocenters. The Kier molecular flexibility index (Phi) is 3.59. The van der Waals surface area contributed by atoms with Gasteiger partial charge < -0.3 is 15.9 Å². The summed E-state index contributed by atoms with van der Waals surface area (Å²) in [7, 11) is 3.78. The predicted molar refractivity (Wildman–Crippen MR) is 66.3 cm³/mol. The molecule has 1 heterocycles. The van der Waals surface area contributed by atoms with Gasteiger partial charge in [-0.3, -0.25) is 0 Å². The lowest BCUT2D eigenvalue weighted by Crippen LogP contribution is -2.25. The molecule has 0 aliphatic carbocycles. The average molecular weight is 224 g/mol. The number of hydrazine groups is 1. The standard InChI is InChI=1S/C11H20N4O/c1-11(2,3)16-10-8(12)6-7-9(13-10)14-15(4)5/h6-7H,12H2,1-5H3,(H,13,14). The molecule has 3 N–H and O–H groups in total. The Labute approximate surface area is 96.6 Å². The summed E-state index contributed by atoms with van der Waals surface area (Å²) in [5.41, 5.74) is 9.08. The van der Waals surface area contributed by atoms with Crippen LogP contribution in [0.3, 0.4) is 0 Å². The molecule has 0 aliphatic rings. The van der Waals surface area contributed by atoms with Crippen molar-refractivity contribution < 1.29 is 4.74 Å². The smallest absolute Gasteiger partial charge is 0.239 e. The van der Waals surface area contributed by atoms with Gasteiger partial charge in [0.1, 0.15) is 11.4 Å². The first-order valence-corrected chi connectivity index (χ1v) is 5.17. The minimum absolute atomic E-state index is 0.308. The summed E-state index contributed by atoms with van der Waals surface area (Å²) in [6, 6.07) is 3.59. The van der Waals surface area contributed by atoms with Crippen LogP contribution in [-0.4, -0.2) is 29.7 Å². The van der Waals surface area contributed by atoms with E-state index in [4.69, 9.17) is 10.5 Å². The number of hydrogen-bond donors (Lipinski definition) is 2. The highest BCUT2D eigenvalue weighted by Gasteiger charge is 2.15. The van der Waals surface area contributed by atoms with Crippen molar-refractivity contribution in [1.82, 2.24) is 9.99 Å². The van der Waals surface area contributed by atoms with Crippen LogP contribution >= 0.6 is 0 Å². The lowest BCUT2D eigenvalue weighted by atomic mass is 10.2. The molecule has 5 heteroatoms. The molecule has 0 atom stereocenters. The summed E-state index contributed by atoms with van der Waals surface area (Å²) in [4.78, 5) is 4.30. The fraction of sp³-hybridized carbons (Fsp3) is 0.545. The number of rotatable bonds is 3. The van der Waals surface area contributed by atoms with Gasteiger partial charge in [-0.1, -0.05) is 0 Å². The molecule has 0 radical (unpaired) electrons. The van der Waals surface area contributed by atoms with Crippen LogP contribution in [0.5, 0.6) is 5.88 Å². The van der Waals surface area contributed by atoms with E-state index in [2.05, 4.69) is 10.4 Å². The molecule has 16 heavy (non-hydrogen) atoms. The van der Waals surface area contributed by atoms with Crippen molar-refractivity contribution in [2.75, 3.05) is 25.3 Å². The second kappa shape index (κ2) is 4.57. The monoisotopic (exact) mass is 224 g/mol. The molecule has 0 fully saturated rings. The van der Waals surface area contributed by atoms with Crippen LogP contribution in [0, 0.1) is 0 Å². The van der Waals surface area contributed by atoms with Gasteiger partial charge >= 0.3 is 0 Å². The summed E-state index contributed by atoms with van der Waals surface area (Å²) in [6.07, 6.45) is 0. The lowest BCUT2D eigenvalue weighted by Gasteiger charge is -2.22. The molecule has 0 bridgehead atoms. The third-order valence-corrected chi connectivity index (χ3v) is 1.63. The van der Waals surface area contributed by atoms with E-state index >= 15 is 0 Å². The minimum Gasteiger partial charge on any atom is -0.470 e. The van der Waals surface area contributed by atoms with Crippen molar-refractivity contribution in [3.05, 3.63) is 12.1 Å². The fourth-order valence-corrected chi connectivity index (χ4v) is 1.11. The molecule has 0 saturated carbocycles. The van der Waals surface area contributed by atoms with Gasteiger partial charge in [-0.2, -0.15) is 4.98 Å². The Morgan fingerprint density at radius 2 is 1.94 bits per heavy atom. The summed E-state index contributed by atoms with van der Waals surface area (Å²) in [5.74, 6) is 1.16. The highest BCUT2D eigenvalue weighted by molar-refractivity contribution is 5.53. The van der Waals surface area contributed by atoms with Crippen molar-refractivity contribution in [2.45, 2.75) is 26.4 Å². The molecule has 0 spiro atoms. The number of aromatic nitrogens is 1. The number of hydrogen-bond acceptors (Lipinski definition) is 5. The van der Waals surface area contributed by atoms with Crippen LogP contribution in [0.15, 0.2) is 12.1 Å². The number of nitrogens with two attached hydrogens (primary N) is 1. The molecular formula is C11H20N4O. The van der Waals surface area contributed by atoms with Gasteiger partial charge in [-0.05, 0) is 32.9 Å². The second-order valence-corrected chi connectivity index (χ2v) is 4.81. The van der Waals surface area contributed by atoms with E-state index in [9.17, 15) is 0 Å². The van der Waals surface area contributed by atoms with Crippen LogP contribution in [0.2, 0.25) is 0 Å². The SMILES string of the molecule is CN(C)Nc1ccc(N)c(OC(C)(C)C)n1. The van der Waals surface area contributed by atoms with Crippen LogP contribution in [0.25, 0.3) is 0 Å². The van der Waals surface area contributed by atoms with Gasteiger partial charge in [0.05, 0.1) is 5.69 Å². The van der Waals surface area contributed by atoms with E-state index in [1.165, 1.54) is 0 Å². The van der Waals surface area contributed by atoms with Crippen LogP contribution in [0.1, 0.15) is 20.8 Å². The molecule has 5 nitrogen and oxygen atoms in total. The zero-order valence-electron chi connectivity index (χ0n) is 10.5. The van der Waals surface area contributed by atoms with Gasteiger partial charge in [0, 0.05) is 14.1 Å². The zero-order chi connectivity index (χ0) is 12.3. The Bertz CT molecular complexity index is 357. The Morgan fingerprint density at radius 1 is 1.31 bits per heavy atom. The van der Waals surface area contributed by atoms with E-state index in [0.717, 1.165) is 0 Å². The number of nitrogen functional groups attached to an aromatic ring is 1. The van der Waals surface area contributed by atoms with E-state index in [-0.39, 0.29) is 5.60 Å². The van der Waals surface area contributed by atoms with Gasteiger partial charge in [0.2, 0.25) is 5.88 Å². The first kappa shape index (κ1) is 12.6. The topological polar surface area (TPSA) is 63.4 Å². The number of anilines is 2. The van der Waals surface area contributed by atoms with Crippen molar-refractivity contribution in [2.24, 2.45) is 0 Å². The first-order chi connectivity index (χ1) is 7.28. The third-order valence-electron chi connectivity index (χ3n) is 1.63. The Morgan fingerprint density at radius 3 is 2.44 bits per heavy atom. The predicted octanol–water partition coefficient (Wildman–Crippen LogP) is 1.73. The summed E-state index contributed by atoms with van der Waals surface area (Å²) >= 11 is 0. The largest absolute Gasteiger partial charge is 0.470 e. The van der Waals surface area contributed by atoms with E-state index in [1.54, 1.807) is 11.1 Å². The van der Waals surface area contributed by atoms with Crippen LogP contribution < -0.4 is 15.9 Å². The van der Waals surface area contributed by atoms with Crippen LogP contribution in [0.4, 0.5) is 11.5 Å². The van der Waals surface area contributed by atoms with Gasteiger partial charge in [-0.15, -0.1) is 0 Å². The number of ether oxygens (including phenoxy) is 1.